The molecule has 8 nitrogen and oxygen atoms in total. The maximum Gasteiger partial charge on any atom is 0.311 e. The average molecular weight is 433 g/mol. The van der Waals surface area contributed by atoms with Gasteiger partial charge in [0.1, 0.15) is 11.5 Å². The molecule has 1 fully saturated rings. The van der Waals surface area contributed by atoms with Crippen molar-refractivity contribution in [1.29, 1.82) is 0 Å². The Bertz CT molecular complexity index is 947. The van der Waals surface area contributed by atoms with Gasteiger partial charge in [0.25, 0.3) is 5.91 Å². The molecule has 1 atom stereocenters. The largest absolute Gasteiger partial charge is 0.497 e. The van der Waals surface area contributed by atoms with E-state index >= 15 is 0 Å². The van der Waals surface area contributed by atoms with Crippen molar-refractivity contribution in [3.05, 3.63) is 47.5 Å². The van der Waals surface area contributed by atoms with E-state index in [4.69, 9.17) is 25.8 Å². The van der Waals surface area contributed by atoms with E-state index in [1.165, 1.54) is 19.1 Å². The molecule has 0 aliphatic carbocycles. The molecule has 1 aliphatic rings. The molecule has 0 bridgehead atoms. The van der Waals surface area contributed by atoms with Crippen LogP contribution in [0.5, 0.6) is 11.5 Å². The number of carbonyl (C=O) groups is 3. The highest BCUT2D eigenvalue weighted by Crippen LogP contribution is 2.36. The Kier molecular flexibility index (Phi) is 6.79. The Morgan fingerprint density at radius 3 is 2.53 bits per heavy atom. The van der Waals surface area contributed by atoms with E-state index in [1.807, 2.05) is 0 Å². The second kappa shape index (κ2) is 9.49. The van der Waals surface area contributed by atoms with Gasteiger partial charge in [0.2, 0.25) is 5.91 Å². The molecular weight excluding hydrogens is 412 g/mol. The second-order valence-corrected chi connectivity index (χ2v) is 7.04. The molecule has 158 valence electrons. The summed E-state index contributed by atoms with van der Waals surface area (Å²) in [4.78, 5) is 38.3. The summed E-state index contributed by atoms with van der Waals surface area (Å²) in [5.74, 6) is -0.977. The fourth-order valence-corrected chi connectivity index (χ4v) is 3.22. The minimum absolute atomic E-state index is 0.0159. The molecule has 30 heavy (non-hydrogen) atoms. The minimum atomic E-state index is -0.684. The third kappa shape index (κ3) is 5.01. The van der Waals surface area contributed by atoms with Crippen molar-refractivity contribution in [3.8, 4) is 11.5 Å². The number of nitrogens with one attached hydrogen (secondary N) is 1. The van der Waals surface area contributed by atoms with E-state index in [9.17, 15) is 14.4 Å². The van der Waals surface area contributed by atoms with Crippen LogP contribution in [-0.4, -0.2) is 45.2 Å². The molecule has 9 heteroatoms. The summed E-state index contributed by atoms with van der Waals surface area (Å²) in [5.41, 5.74) is 1.05. The molecular formula is C21H21ClN2O6. The van der Waals surface area contributed by atoms with E-state index in [-0.39, 0.29) is 18.9 Å². The lowest BCUT2D eigenvalue weighted by Gasteiger charge is -2.20. The Balaban J connectivity index is 1.58. The van der Waals surface area contributed by atoms with Gasteiger partial charge in [0, 0.05) is 29.7 Å². The number of nitrogens with zero attached hydrogens (tertiary/aromatic N) is 1. The lowest BCUT2D eigenvalue weighted by molar-refractivity contribution is -0.151. The number of methoxy groups -OCH3 is 2. The molecule has 2 aromatic rings. The van der Waals surface area contributed by atoms with Crippen molar-refractivity contribution < 1.29 is 28.6 Å². The number of esters is 1. The number of amides is 2. The number of benzene rings is 2. The zero-order chi connectivity index (χ0) is 21.7. The van der Waals surface area contributed by atoms with Gasteiger partial charge in [-0.25, -0.2) is 0 Å². The molecule has 0 radical (unpaired) electrons. The Morgan fingerprint density at radius 1 is 1.13 bits per heavy atom. The van der Waals surface area contributed by atoms with E-state index in [1.54, 1.807) is 42.5 Å². The first-order valence-electron chi connectivity index (χ1n) is 9.15. The van der Waals surface area contributed by atoms with Gasteiger partial charge in [-0.05, 0) is 36.4 Å². The maximum absolute atomic E-state index is 12.5. The fraction of sp³-hybridized carbons (Fsp3) is 0.286. The highest BCUT2D eigenvalue weighted by atomic mass is 35.5. The van der Waals surface area contributed by atoms with Gasteiger partial charge < -0.3 is 24.4 Å². The van der Waals surface area contributed by atoms with E-state index in [2.05, 4.69) is 5.32 Å². The first-order chi connectivity index (χ1) is 14.4. The van der Waals surface area contributed by atoms with Gasteiger partial charge in [-0.1, -0.05) is 11.6 Å². The summed E-state index contributed by atoms with van der Waals surface area (Å²) in [5, 5.41) is 3.15. The van der Waals surface area contributed by atoms with Crippen LogP contribution in [-0.2, 0) is 19.1 Å². The minimum Gasteiger partial charge on any atom is -0.497 e. The fourth-order valence-electron chi connectivity index (χ4n) is 3.09. The number of hydrogen-bond acceptors (Lipinski definition) is 6. The highest BCUT2D eigenvalue weighted by molar-refractivity contribution is 6.30. The van der Waals surface area contributed by atoms with Gasteiger partial charge in [-0.2, -0.15) is 0 Å². The molecule has 1 N–H and O–H groups in total. The summed E-state index contributed by atoms with van der Waals surface area (Å²) in [7, 11) is 3.02. The third-order valence-corrected chi connectivity index (χ3v) is 4.86. The predicted octanol–water partition coefficient (Wildman–Crippen LogP) is 2.89. The van der Waals surface area contributed by atoms with Crippen LogP contribution in [0.15, 0.2) is 42.5 Å². The van der Waals surface area contributed by atoms with E-state index < -0.39 is 24.4 Å². The van der Waals surface area contributed by atoms with Gasteiger partial charge >= 0.3 is 5.97 Å². The summed E-state index contributed by atoms with van der Waals surface area (Å²) in [6.07, 6.45) is -0.0159. The average Bonchev–Trinajstić information content (AvgIpc) is 3.14. The first-order valence-corrected chi connectivity index (χ1v) is 9.53. The summed E-state index contributed by atoms with van der Waals surface area (Å²) >= 11 is 5.80. The van der Waals surface area contributed by atoms with E-state index in [0.29, 0.717) is 27.9 Å². The lowest BCUT2D eigenvalue weighted by Crippen LogP contribution is -2.28. The predicted molar refractivity (Wildman–Crippen MR) is 111 cm³/mol. The highest BCUT2D eigenvalue weighted by Gasteiger charge is 2.37. The lowest BCUT2D eigenvalue weighted by atomic mass is 10.1. The quantitative estimate of drug-likeness (QED) is 0.676. The number of rotatable bonds is 7. The van der Waals surface area contributed by atoms with Crippen LogP contribution >= 0.6 is 11.6 Å². The van der Waals surface area contributed by atoms with Gasteiger partial charge in [0.05, 0.1) is 25.8 Å². The Labute approximate surface area is 178 Å². The van der Waals surface area contributed by atoms with E-state index in [0.717, 1.165) is 0 Å². The SMILES string of the molecule is COc1ccc(OC)c(N2C[C@@H](C(=O)OCC(=O)Nc3ccc(Cl)cc3)CC2=O)c1. The number of halogens is 1. The molecule has 2 amide bonds. The van der Waals surface area contributed by atoms with Gasteiger partial charge in [-0.3, -0.25) is 14.4 Å². The van der Waals surface area contributed by atoms with Crippen molar-refractivity contribution in [1.82, 2.24) is 0 Å². The molecule has 0 saturated carbocycles. The van der Waals surface area contributed by atoms with Crippen LogP contribution in [0.3, 0.4) is 0 Å². The zero-order valence-corrected chi connectivity index (χ0v) is 17.3. The number of hydrogen-bond donors (Lipinski definition) is 1. The monoisotopic (exact) mass is 432 g/mol. The summed E-state index contributed by atoms with van der Waals surface area (Å²) in [6, 6.07) is 11.6. The summed E-state index contributed by atoms with van der Waals surface area (Å²) < 4.78 is 15.6. The van der Waals surface area contributed by atoms with Crippen LogP contribution in [0.2, 0.25) is 5.02 Å². The van der Waals surface area contributed by atoms with Gasteiger partial charge in [0.15, 0.2) is 6.61 Å². The standard InChI is InChI=1S/C21H21ClN2O6/c1-28-16-7-8-18(29-2)17(10-16)24-11-13(9-20(24)26)21(27)30-12-19(25)23-15-5-3-14(22)4-6-15/h3-8,10,13H,9,11-12H2,1-2H3,(H,23,25)/t13-/m0/s1. The van der Waals surface area contributed by atoms with Crippen LogP contribution in [0.4, 0.5) is 11.4 Å². The first kappa shape index (κ1) is 21.4. The molecule has 0 spiro atoms. The molecule has 0 aromatic heterocycles. The van der Waals surface area contributed by atoms with Crippen LogP contribution in [0.1, 0.15) is 6.42 Å². The summed E-state index contributed by atoms with van der Waals surface area (Å²) in [6.45, 7) is -0.325. The number of carbonyl (C=O) groups excluding carboxylic acids is 3. The zero-order valence-electron chi connectivity index (χ0n) is 16.5. The van der Waals surface area contributed by atoms with Crippen molar-refractivity contribution in [3.63, 3.8) is 0 Å². The smallest absolute Gasteiger partial charge is 0.311 e. The van der Waals surface area contributed by atoms with Crippen LogP contribution in [0.25, 0.3) is 0 Å². The molecule has 1 saturated heterocycles. The van der Waals surface area contributed by atoms with Crippen LogP contribution < -0.4 is 19.7 Å². The second-order valence-electron chi connectivity index (χ2n) is 6.61. The molecule has 1 heterocycles. The van der Waals surface area contributed by atoms with Crippen molar-refractivity contribution in [2.75, 3.05) is 37.6 Å². The third-order valence-electron chi connectivity index (χ3n) is 4.61. The molecule has 0 unspecified atom stereocenters. The molecule has 1 aliphatic heterocycles. The maximum atomic E-state index is 12.5. The normalized spacial score (nSPS) is 15.6. The number of anilines is 2. The Hall–Kier alpha value is -3.26. The van der Waals surface area contributed by atoms with Crippen molar-refractivity contribution in [2.24, 2.45) is 5.92 Å². The van der Waals surface area contributed by atoms with Crippen LogP contribution in [0, 0.1) is 5.92 Å². The van der Waals surface area contributed by atoms with Gasteiger partial charge in [-0.15, -0.1) is 0 Å². The molecule has 2 aromatic carbocycles. The van der Waals surface area contributed by atoms with Crippen molar-refractivity contribution >= 4 is 40.8 Å². The molecule has 3 rings (SSSR count). The number of ether oxygens (including phenoxy) is 3. The van der Waals surface area contributed by atoms with Crippen molar-refractivity contribution in [2.45, 2.75) is 6.42 Å². The Morgan fingerprint density at radius 2 is 1.87 bits per heavy atom. The topological polar surface area (TPSA) is 94.2 Å².